The van der Waals surface area contributed by atoms with Crippen LogP contribution >= 0.6 is 0 Å². The van der Waals surface area contributed by atoms with Crippen LogP contribution in [0, 0.1) is 0 Å². The Morgan fingerprint density at radius 3 is 2.68 bits per heavy atom. The molecule has 2 unspecified atom stereocenters. The smallest absolute Gasteiger partial charge is 0.105 e. The normalized spacial score (nSPS) is 18.2. The van der Waals surface area contributed by atoms with E-state index in [-0.39, 0.29) is 6.10 Å². The van der Waals surface area contributed by atoms with Crippen LogP contribution < -0.4 is 5.32 Å². The van der Waals surface area contributed by atoms with E-state index in [1.807, 2.05) is 30.4 Å². The summed E-state index contributed by atoms with van der Waals surface area (Å²) >= 11 is 0. The van der Waals surface area contributed by atoms with Crippen molar-refractivity contribution in [3.05, 3.63) is 61.8 Å². The lowest BCUT2D eigenvalue weighted by Crippen LogP contribution is -2.33. The van der Waals surface area contributed by atoms with Gasteiger partial charge in [-0.3, -0.25) is 0 Å². The van der Waals surface area contributed by atoms with Gasteiger partial charge in [-0.1, -0.05) is 55.2 Å². The van der Waals surface area contributed by atoms with Crippen LogP contribution in [0.3, 0.4) is 0 Å². The third-order valence-electron chi connectivity index (χ3n) is 4.15. The number of aliphatic hydroxyl groups excluding tert-OH is 1. The van der Waals surface area contributed by atoms with Gasteiger partial charge in [0.1, 0.15) is 12.2 Å². The SMILES string of the molecule is C=C/C=C\C=C\CNCCN(C)C/C=C/C(O)C(C=C)OC1CCC1. The fraction of sp³-hybridized carbons (Fsp3) is 0.524. The zero-order valence-corrected chi connectivity index (χ0v) is 15.5. The lowest BCUT2D eigenvalue weighted by atomic mass is 9.96. The first kappa shape index (κ1) is 21.6. The minimum Gasteiger partial charge on any atom is -0.386 e. The minimum absolute atomic E-state index is 0.293. The molecule has 0 aromatic rings. The zero-order valence-electron chi connectivity index (χ0n) is 15.5. The van der Waals surface area contributed by atoms with Crippen molar-refractivity contribution in [3.63, 3.8) is 0 Å². The van der Waals surface area contributed by atoms with Crippen molar-refractivity contribution in [1.82, 2.24) is 10.2 Å². The van der Waals surface area contributed by atoms with E-state index in [4.69, 9.17) is 4.74 Å². The first-order chi connectivity index (χ1) is 12.2. The second-order valence-corrected chi connectivity index (χ2v) is 6.32. The molecule has 2 atom stereocenters. The van der Waals surface area contributed by atoms with E-state index in [1.165, 1.54) is 6.42 Å². The first-order valence-corrected chi connectivity index (χ1v) is 9.13. The van der Waals surface area contributed by atoms with Gasteiger partial charge in [0.15, 0.2) is 0 Å². The Morgan fingerprint density at radius 2 is 2.04 bits per heavy atom. The van der Waals surface area contributed by atoms with Gasteiger partial charge in [0, 0.05) is 26.2 Å². The van der Waals surface area contributed by atoms with Crippen LogP contribution in [0.15, 0.2) is 61.8 Å². The molecular formula is C21H34N2O2. The highest BCUT2D eigenvalue weighted by atomic mass is 16.5. The summed E-state index contributed by atoms with van der Waals surface area (Å²) in [6.45, 7) is 10.9. The van der Waals surface area contributed by atoms with Crippen molar-refractivity contribution in [2.24, 2.45) is 0 Å². The Kier molecular flexibility index (Phi) is 11.9. The molecule has 0 bridgehead atoms. The van der Waals surface area contributed by atoms with Crippen LogP contribution in [0.2, 0.25) is 0 Å². The van der Waals surface area contributed by atoms with Crippen LogP contribution in [0.5, 0.6) is 0 Å². The molecule has 0 amide bonds. The summed E-state index contributed by atoms with van der Waals surface area (Å²) in [5, 5.41) is 13.6. The molecule has 2 N–H and O–H groups in total. The molecule has 1 saturated carbocycles. The molecule has 1 aliphatic carbocycles. The number of likely N-dealkylation sites (N-methyl/N-ethyl adjacent to an activating group) is 1. The molecule has 25 heavy (non-hydrogen) atoms. The number of allylic oxidation sites excluding steroid dienone is 4. The minimum atomic E-state index is -0.626. The molecule has 0 saturated heterocycles. The van der Waals surface area contributed by atoms with Gasteiger partial charge in [0.2, 0.25) is 0 Å². The highest BCUT2D eigenvalue weighted by Gasteiger charge is 2.24. The van der Waals surface area contributed by atoms with Gasteiger partial charge in [-0.15, -0.1) is 6.58 Å². The van der Waals surface area contributed by atoms with Crippen molar-refractivity contribution in [3.8, 4) is 0 Å². The van der Waals surface area contributed by atoms with Gasteiger partial charge < -0.3 is 20.1 Å². The Balaban J connectivity index is 2.12. The van der Waals surface area contributed by atoms with Gasteiger partial charge in [0.25, 0.3) is 0 Å². The van der Waals surface area contributed by atoms with Crippen molar-refractivity contribution in [2.75, 3.05) is 33.2 Å². The number of nitrogens with one attached hydrogen (secondary N) is 1. The summed E-state index contributed by atoms with van der Waals surface area (Å²) in [7, 11) is 2.07. The number of rotatable bonds is 14. The number of hydrogen-bond donors (Lipinski definition) is 2. The van der Waals surface area contributed by atoms with Crippen LogP contribution in [0.4, 0.5) is 0 Å². The summed E-state index contributed by atoms with van der Waals surface area (Å²) in [6, 6.07) is 0. The molecule has 1 aliphatic rings. The Bertz CT molecular complexity index is 453. The molecule has 0 radical (unpaired) electrons. The summed E-state index contributed by atoms with van der Waals surface area (Å²) in [4.78, 5) is 2.20. The highest BCUT2D eigenvalue weighted by Crippen LogP contribution is 2.24. The van der Waals surface area contributed by atoms with Crippen molar-refractivity contribution < 1.29 is 9.84 Å². The maximum Gasteiger partial charge on any atom is 0.105 e. The molecule has 0 aliphatic heterocycles. The fourth-order valence-corrected chi connectivity index (χ4v) is 2.33. The predicted molar refractivity (Wildman–Crippen MR) is 107 cm³/mol. The lowest BCUT2D eigenvalue weighted by Gasteiger charge is -2.30. The largest absolute Gasteiger partial charge is 0.386 e. The van der Waals surface area contributed by atoms with E-state index in [9.17, 15) is 5.11 Å². The van der Waals surface area contributed by atoms with Crippen LogP contribution in [0.25, 0.3) is 0 Å². The molecule has 140 valence electrons. The summed E-state index contributed by atoms with van der Waals surface area (Å²) in [5.41, 5.74) is 0. The van der Waals surface area contributed by atoms with E-state index in [2.05, 4.69) is 36.5 Å². The Morgan fingerprint density at radius 1 is 1.24 bits per heavy atom. The molecule has 0 aromatic heterocycles. The van der Waals surface area contributed by atoms with Gasteiger partial charge in [-0.05, 0) is 26.3 Å². The van der Waals surface area contributed by atoms with Crippen molar-refractivity contribution in [1.29, 1.82) is 0 Å². The van der Waals surface area contributed by atoms with E-state index in [1.54, 1.807) is 12.2 Å². The average Bonchev–Trinajstić information content (AvgIpc) is 2.56. The molecule has 1 fully saturated rings. The second kappa shape index (κ2) is 13.8. The molecule has 0 spiro atoms. The fourth-order valence-electron chi connectivity index (χ4n) is 2.33. The second-order valence-electron chi connectivity index (χ2n) is 6.32. The first-order valence-electron chi connectivity index (χ1n) is 9.13. The summed E-state index contributed by atoms with van der Waals surface area (Å²) in [6.07, 6.45) is 18.0. The lowest BCUT2D eigenvalue weighted by molar-refractivity contribution is -0.0674. The highest BCUT2D eigenvalue weighted by molar-refractivity contribution is 5.09. The maximum absolute atomic E-state index is 10.2. The van der Waals surface area contributed by atoms with E-state index >= 15 is 0 Å². The monoisotopic (exact) mass is 346 g/mol. The van der Waals surface area contributed by atoms with Crippen molar-refractivity contribution >= 4 is 0 Å². The third kappa shape index (κ3) is 10.2. The average molecular weight is 347 g/mol. The maximum atomic E-state index is 10.2. The molecule has 4 nitrogen and oxygen atoms in total. The summed E-state index contributed by atoms with van der Waals surface area (Å²) in [5.74, 6) is 0. The van der Waals surface area contributed by atoms with Crippen LogP contribution in [-0.4, -0.2) is 61.5 Å². The summed E-state index contributed by atoms with van der Waals surface area (Å²) < 4.78 is 5.82. The number of nitrogens with zero attached hydrogens (tertiary/aromatic N) is 1. The molecular weight excluding hydrogens is 312 g/mol. The number of aliphatic hydroxyl groups is 1. The molecule has 1 rings (SSSR count). The third-order valence-corrected chi connectivity index (χ3v) is 4.15. The predicted octanol–water partition coefficient (Wildman–Crippen LogP) is 2.85. The van der Waals surface area contributed by atoms with E-state index < -0.39 is 6.10 Å². The van der Waals surface area contributed by atoms with Crippen LogP contribution in [-0.2, 0) is 4.74 Å². The van der Waals surface area contributed by atoms with E-state index in [0.717, 1.165) is 39.0 Å². The molecule has 4 heteroatoms. The van der Waals surface area contributed by atoms with E-state index in [0.29, 0.717) is 6.10 Å². The Hall–Kier alpha value is -1.46. The number of hydrogen-bond acceptors (Lipinski definition) is 4. The molecule has 0 aromatic carbocycles. The standard InChI is InChI=1S/C21H34N2O2/c1-4-6-7-8-9-15-22-16-18-23(3)17-11-14-20(24)21(5-2)25-19-12-10-13-19/h4-9,11,14,19-22,24H,1-2,10,12-13,15-18H2,3H3/b7-6-,9-8+,14-11+. The van der Waals surface area contributed by atoms with Crippen LogP contribution in [0.1, 0.15) is 19.3 Å². The zero-order chi connectivity index (χ0) is 18.3. The quantitative estimate of drug-likeness (QED) is 0.288. The van der Waals surface area contributed by atoms with Crippen molar-refractivity contribution in [2.45, 2.75) is 37.6 Å². The van der Waals surface area contributed by atoms with Gasteiger partial charge in [-0.2, -0.15) is 0 Å². The van der Waals surface area contributed by atoms with Gasteiger partial charge >= 0.3 is 0 Å². The Labute approximate surface area is 153 Å². The molecule has 0 heterocycles. The number of ether oxygens (including phenoxy) is 1. The topological polar surface area (TPSA) is 44.7 Å². The van der Waals surface area contributed by atoms with Gasteiger partial charge in [-0.25, -0.2) is 0 Å². The van der Waals surface area contributed by atoms with Gasteiger partial charge in [0.05, 0.1) is 6.10 Å².